The molecule has 1 unspecified atom stereocenters. The summed E-state index contributed by atoms with van der Waals surface area (Å²) in [7, 11) is 0. The molecule has 0 saturated carbocycles. The quantitative estimate of drug-likeness (QED) is 0.118. The van der Waals surface area contributed by atoms with Gasteiger partial charge < -0.3 is 10.1 Å². The zero-order valence-electron chi connectivity index (χ0n) is 25.5. The first-order valence-corrected chi connectivity index (χ1v) is 15.3. The molecule has 0 aliphatic heterocycles. The number of hydrogen-bond acceptors (Lipinski definition) is 3. The fourth-order valence-corrected chi connectivity index (χ4v) is 5.92. The van der Waals surface area contributed by atoms with Crippen molar-refractivity contribution in [3.63, 3.8) is 0 Å². The Bertz CT molecular complexity index is 1810. The third-order valence-electron chi connectivity index (χ3n) is 8.17. The largest absolute Gasteiger partial charge is 0.482 e. The second-order valence-corrected chi connectivity index (χ2v) is 11.1. The molecule has 226 valence electrons. The zero-order chi connectivity index (χ0) is 31.8. The van der Waals surface area contributed by atoms with Gasteiger partial charge in [0.25, 0.3) is 0 Å². The van der Waals surface area contributed by atoms with Crippen LogP contribution in [-0.2, 0) is 10.2 Å². The van der Waals surface area contributed by atoms with Gasteiger partial charge in [-0.3, -0.25) is 4.79 Å². The van der Waals surface area contributed by atoms with Crippen molar-refractivity contribution in [2.45, 2.75) is 18.4 Å². The van der Waals surface area contributed by atoms with Gasteiger partial charge in [0, 0.05) is 29.6 Å². The van der Waals surface area contributed by atoms with Gasteiger partial charge in [0.2, 0.25) is 0 Å². The number of benzene rings is 6. The number of ether oxygens (including phenoxy) is 1. The van der Waals surface area contributed by atoms with Gasteiger partial charge in [0.1, 0.15) is 11.6 Å². The molecule has 46 heavy (non-hydrogen) atoms. The Morgan fingerprint density at radius 2 is 1.13 bits per heavy atom. The summed E-state index contributed by atoms with van der Waals surface area (Å²) >= 11 is 0. The number of hydrogen-bond donors (Lipinski definition) is 1. The molecule has 0 aliphatic carbocycles. The molecule has 0 saturated heterocycles. The van der Waals surface area contributed by atoms with E-state index in [1.54, 1.807) is 25.3 Å². The van der Waals surface area contributed by atoms with E-state index in [4.69, 9.17) is 4.74 Å². The van der Waals surface area contributed by atoms with Gasteiger partial charge in [-0.1, -0.05) is 133 Å². The van der Waals surface area contributed by atoms with Gasteiger partial charge in [-0.25, -0.2) is 4.39 Å². The number of nitrogens with one attached hydrogen (secondary N) is 1. The Morgan fingerprint density at radius 1 is 0.652 bits per heavy atom. The molecule has 1 atom stereocenters. The highest BCUT2D eigenvalue weighted by molar-refractivity contribution is 5.93. The molecule has 1 N–H and O–H groups in total. The van der Waals surface area contributed by atoms with Crippen LogP contribution < -0.4 is 10.1 Å². The standard InChI is InChI=1S/C42H34FNO2/c1-31(46-38-26-27-39(40(43)30-38)32-14-6-2-7-15-32)41(45)28-29-44-37-24-22-36(23-25-37)42(33-16-8-3-9-17-33,34-18-10-4-11-19-34)35-20-12-5-13-21-35/h2-31,44H,1H3. The van der Waals surface area contributed by atoms with Crippen LogP contribution in [0.2, 0.25) is 0 Å². The third-order valence-corrected chi connectivity index (χ3v) is 8.17. The molecule has 0 amide bonds. The topological polar surface area (TPSA) is 38.3 Å². The van der Waals surface area contributed by atoms with E-state index in [2.05, 4.69) is 90.2 Å². The van der Waals surface area contributed by atoms with Crippen LogP contribution in [0.3, 0.4) is 0 Å². The van der Waals surface area contributed by atoms with Gasteiger partial charge in [0.05, 0.1) is 5.41 Å². The second-order valence-electron chi connectivity index (χ2n) is 11.1. The predicted octanol–water partition coefficient (Wildman–Crippen LogP) is 9.84. The first-order valence-electron chi connectivity index (χ1n) is 15.3. The molecular formula is C42H34FNO2. The molecule has 6 aromatic carbocycles. The van der Waals surface area contributed by atoms with E-state index in [1.807, 2.05) is 60.7 Å². The van der Waals surface area contributed by atoms with Crippen LogP contribution in [0.1, 0.15) is 29.2 Å². The lowest BCUT2D eigenvalue weighted by molar-refractivity contribution is -0.120. The molecule has 3 nitrogen and oxygen atoms in total. The molecule has 6 rings (SSSR count). The van der Waals surface area contributed by atoms with Gasteiger partial charge >= 0.3 is 0 Å². The van der Waals surface area contributed by atoms with Crippen molar-refractivity contribution in [2.24, 2.45) is 0 Å². The fourth-order valence-electron chi connectivity index (χ4n) is 5.92. The summed E-state index contributed by atoms with van der Waals surface area (Å²) in [5, 5.41) is 3.21. The number of carbonyl (C=O) groups excluding carboxylic acids is 1. The van der Waals surface area contributed by atoms with Crippen LogP contribution in [-0.4, -0.2) is 11.9 Å². The molecular weight excluding hydrogens is 569 g/mol. The number of carbonyl (C=O) groups is 1. The molecule has 0 aromatic heterocycles. The molecule has 6 aromatic rings. The fraction of sp³-hybridized carbons (Fsp3) is 0.0714. The minimum absolute atomic E-state index is 0.243. The number of halogens is 1. The molecule has 0 radical (unpaired) electrons. The first kappa shape index (κ1) is 30.3. The van der Waals surface area contributed by atoms with Crippen LogP contribution in [0.5, 0.6) is 5.75 Å². The van der Waals surface area contributed by atoms with E-state index in [0.717, 1.165) is 16.8 Å². The van der Waals surface area contributed by atoms with E-state index in [-0.39, 0.29) is 5.78 Å². The van der Waals surface area contributed by atoms with Crippen LogP contribution in [0.4, 0.5) is 10.1 Å². The maximum Gasteiger partial charge on any atom is 0.197 e. The highest BCUT2D eigenvalue weighted by atomic mass is 19.1. The Morgan fingerprint density at radius 3 is 1.63 bits per heavy atom. The minimum Gasteiger partial charge on any atom is -0.482 e. The Hall–Kier alpha value is -5.74. The lowest BCUT2D eigenvalue weighted by atomic mass is 9.65. The van der Waals surface area contributed by atoms with Crippen LogP contribution >= 0.6 is 0 Å². The lowest BCUT2D eigenvalue weighted by Gasteiger charge is -2.37. The Balaban J connectivity index is 1.19. The average molecular weight is 604 g/mol. The summed E-state index contributed by atoms with van der Waals surface area (Å²) in [5.74, 6) is -0.346. The zero-order valence-corrected chi connectivity index (χ0v) is 25.5. The normalized spacial score (nSPS) is 12.0. The summed E-state index contributed by atoms with van der Waals surface area (Å²) in [6.07, 6.45) is 2.26. The molecule has 0 spiro atoms. The van der Waals surface area contributed by atoms with Crippen molar-refractivity contribution in [1.82, 2.24) is 0 Å². The lowest BCUT2D eigenvalue weighted by Crippen LogP contribution is -2.30. The van der Waals surface area contributed by atoms with Gasteiger partial charge in [-0.2, -0.15) is 0 Å². The van der Waals surface area contributed by atoms with Crippen molar-refractivity contribution in [3.8, 4) is 16.9 Å². The molecule has 0 fully saturated rings. The highest BCUT2D eigenvalue weighted by Gasteiger charge is 2.38. The van der Waals surface area contributed by atoms with Crippen molar-refractivity contribution < 1.29 is 13.9 Å². The number of ketones is 1. The number of anilines is 1. The minimum atomic E-state index is -0.786. The third kappa shape index (κ3) is 6.38. The monoisotopic (exact) mass is 603 g/mol. The van der Waals surface area contributed by atoms with E-state index >= 15 is 0 Å². The van der Waals surface area contributed by atoms with Crippen molar-refractivity contribution in [2.75, 3.05) is 5.32 Å². The SMILES string of the molecule is CC(Oc1ccc(-c2ccccc2)c(F)c1)C(=O)C=CNc1ccc(C(c2ccccc2)(c2ccccc2)c2ccccc2)cc1. The second kappa shape index (κ2) is 13.9. The van der Waals surface area contributed by atoms with E-state index in [9.17, 15) is 9.18 Å². The van der Waals surface area contributed by atoms with E-state index < -0.39 is 17.3 Å². The molecule has 0 bridgehead atoms. The summed E-state index contributed by atoms with van der Waals surface area (Å²) in [6.45, 7) is 1.65. The highest BCUT2D eigenvalue weighted by Crippen LogP contribution is 2.45. The van der Waals surface area contributed by atoms with Crippen molar-refractivity contribution >= 4 is 11.5 Å². The number of rotatable bonds is 11. The van der Waals surface area contributed by atoms with Crippen molar-refractivity contribution in [3.05, 3.63) is 204 Å². The summed E-state index contributed by atoms with van der Waals surface area (Å²) in [4.78, 5) is 12.8. The average Bonchev–Trinajstić information content (AvgIpc) is 3.11. The van der Waals surface area contributed by atoms with E-state index in [1.165, 1.54) is 28.8 Å². The Kier molecular flexibility index (Phi) is 9.17. The van der Waals surface area contributed by atoms with Gasteiger partial charge in [-0.15, -0.1) is 0 Å². The predicted molar refractivity (Wildman–Crippen MR) is 184 cm³/mol. The van der Waals surface area contributed by atoms with Crippen LogP contribution in [0.25, 0.3) is 11.1 Å². The summed E-state index contributed by atoms with van der Waals surface area (Å²) in [5.41, 5.74) is 6.20. The summed E-state index contributed by atoms with van der Waals surface area (Å²) < 4.78 is 20.5. The van der Waals surface area contributed by atoms with E-state index in [0.29, 0.717) is 11.3 Å². The Labute approximate surface area is 269 Å². The first-order chi connectivity index (χ1) is 22.6. The summed E-state index contributed by atoms with van der Waals surface area (Å²) in [6, 6.07) is 53.9. The van der Waals surface area contributed by atoms with Crippen LogP contribution in [0.15, 0.2) is 176 Å². The maximum absolute atomic E-state index is 14.8. The molecule has 0 heterocycles. The van der Waals surface area contributed by atoms with Gasteiger partial charge in [0.15, 0.2) is 11.9 Å². The van der Waals surface area contributed by atoms with Crippen molar-refractivity contribution in [1.29, 1.82) is 0 Å². The van der Waals surface area contributed by atoms with Gasteiger partial charge in [-0.05, 0) is 59.0 Å². The smallest absolute Gasteiger partial charge is 0.197 e. The molecule has 0 aliphatic rings. The maximum atomic E-state index is 14.8. The molecule has 4 heteroatoms. The van der Waals surface area contributed by atoms with Crippen LogP contribution in [0, 0.1) is 5.82 Å².